The summed E-state index contributed by atoms with van der Waals surface area (Å²) >= 11 is 0. The molecule has 3 N–H and O–H groups in total. The van der Waals surface area contributed by atoms with Gasteiger partial charge >= 0.3 is 0 Å². The Balaban J connectivity index is 2.06. The van der Waals surface area contributed by atoms with Gasteiger partial charge in [-0.05, 0) is 18.6 Å². The largest absolute Gasteiger partial charge is 0.369 e. The Kier molecular flexibility index (Phi) is 3.63. The molecular formula is C11H13N5O2. The zero-order valence-corrected chi connectivity index (χ0v) is 9.88. The van der Waals surface area contributed by atoms with Crippen molar-refractivity contribution < 1.29 is 9.32 Å². The lowest BCUT2D eigenvalue weighted by molar-refractivity contribution is -0.117. The van der Waals surface area contributed by atoms with E-state index in [0.717, 1.165) is 11.1 Å². The Morgan fingerprint density at radius 3 is 3.11 bits per heavy atom. The van der Waals surface area contributed by atoms with Gasteiger partial charge in [0.2, 0.25) is 17.6 Å². The van der Waals surface area contributed by atoms with E-state index in [1.165, 1.54) is 0 Å². The number of nitrogens with one attached hydrogen (secondary N) is 1. The molecule has 0 aromatic carbocycles. The van der Waals surface area contributed by atoms with Gasteiger partial charge in [-0.15, -0.1) is 0 Å². The molecule has 2 heterocycles. The third kappa shape index (κ3) is 2.89. The lowest BCUT2D eigenvalue weighted by Crippen LogP contribution is -2.28. The summed E-state index contributed by atoms with van der Waals surface area (Å²) < 4.78 is 5.05. The molecule has 2 aromatic heterocycles. The predicted octanol–water partition coefficient (Wildman–Crippen LogP) is 0.0149. The molecule has 0 saturated carbocycles. The Hall–Kier alpha value is -2.28. The van der Waals surface area contributed by atoms with Crippen molar-refractivity contribution in [3.63, 3.8) is 0 Å². The number of carbonyl (C=O) groups is 1. The first-order valence-electron chi connectivity index (χ1n) is 5.39. The second-order valence-corrected chi connectivity index (χ2v) is 3.77. The predicted molar refractivity (Wildman–Crippen MR) is 63.2 cm³/mol. The van der Waals surface area contributed by atoms with Crippen molar-refractivity contribution in [1.82, 2.24) is 20.4 Å². The van der Waals surface area contributed by atoms with Gasteiger partial charge in [-0.1, -0.05) is 5.16 Å². The van der Waals surface area contributed by atoms with Crippen molar-refractivity contribution in [2.45, 2.75) is 13.5 Å². The summed E-state index contributed by atoms with van der Waals surface area (Å²) in [6, 6.07) is 1.87. The molecule has 0 unspecified atom stereocenters. The Morgan fingerprint density at radius 2 is 2.39 bits per heavy atom. The maximum atomic E-state index is 10.5. The molecule has 94 valence electrons. The Labute approximate surface area is 103 Å². The van der Waals surface area contributed by atoms with E-state index in [0.29, 0.717) is 18.3 Å². The molecule has 2 aromatic rings. The number of rotatable bonds is 5. The van der Waals surface area contributed by atoms with E-state index in [1.54, 1.807) is 12.4 Å². The van der Waals surface area contributed by atoms with Crippen LogP contribution in [0.5, 0.6) is 0 Å². The third-order valence-electron chi connectivity index (χ3n) is 2.32. The van der Waals surface area contributed by atoms with Gasteiger partial charge in [0.05, 0.1) is 13.1 Å². The van der Waals surface area contributed by atoms with E-state index in [1.807, 2.05) is 13.0 Å². The van der Waals surface area contributed by atoms with Gasteiger partial charge in [-0.2, -0.15) is 4.98 Å². The van der Waals surface area contributed by atoms with Crippen LogP contribution in [0.15, 0.2) is 23.0 Å². The van der Waals surface area contributed by atoms with E-state index < -0.39 is 5.91 Å². The van der Waals surface area contributed by atoms with Crippen LogP contribution >= 0.6 is 0 Å². The topological polar surface area (TPSA) is 107 Å². The average Bonchev–Trinajstić information content (AvgIpc) is 2.78. The maximum Gasteiger partial charge on any atom is 0.240 e. The summed E-state index contributed by atoms with van der Waals surface area (Å²) in [4.78, 5) is 18.8. The molecule has 7 nitrogen and oxygen atoms in total. The van der Waals surface area contributed by atoms with E-state index in [9.17, 15) is 4.79 Å². The second-order valence-electron chi connectivity index (χ2n) is 3.77. The van der Waals surface area contributed by atoms with Gasteiger partial charge in [0.15, 0.2) is 0 Å². The fourth-order valence-corrected chi connectivity index (χ4v) is 1.43. The van der Waals surface area contributed by atoms with Crippen LogP contribution in [0.4, 0.5) is 0 Å². The van der Waals surface area contributed by atoms with Gasteiger partial charge in [-0.25, -0.2) is 0 Å². The number of amides is 1. The van der Waals surface area contributed by atoms with Crippen molar-refractivity contribution in [3.05, 3.63) is 29.9 Å². The summed E-state index contributed by atoms with van der Waals surface area (Å²) in [7, 11) is 0. The van der Waals surface area contributed by atoms with Crippen LogP contribution in [0.3, 0.4) is 0 Å². The minimum atomic E-state index is -0.433. The Morgan fingerprint density at radius 1 is 1.56 bits per heavy atom. The Bertz CT molecular complexity index is 552. The van der Waals surface area contributed by atoms with Crippen LogP contribution in [0.25, 0.3) is 11.4 Å². The zero-order valence-electron chi connectivity index (χ0n) is 9.88. The molecular weight excluding hydrogens is 234 g/mol. The molecule has 0 bridgehead atoms. The minimum absolute atomic E-state index is 0.0730. The highest BCUT2D eigenvalue weighted by atomic mass is 16.5. The standard InChI is InChI=1S/C11H13N5O2/c1-7-2-3-13-4-8(7)11-15-10(18-16-11)6-14-5-9(12)17/h2-4,14H,5-6H2,1H3,(H2,12,17). The van der Waals surface area contributed by atoms with Crippen LogP contribution in [0.2, 0.25) is 0 Å². The monoisotopic (exact) mass is 247 g/mol. The van der Waals surface area contributed by atoms with Crippen LogP contribution in [0, 0.1) is 6.92 Å². The molecule has 0 atom stereocenters. The molecule has 0 aliphatic carbocycles. The number of pyridine rings is 1. The summed E-state index contributed by atoms with van der Waals surface area (Å²) in [5, 5.41) is 6.66. The molecule has 0 radical (unpaired) electrons. The van der Waals surface area contributed by atoms with Crippen molar-refractivity contribution in [1.29, 1.82) is 0 Å². The van der Waals surface area contributed by atoms with Crippen molar-refractivity contribution >= 4 is 5.91 Å². The lowest BCUT2D eigenvalue weighted by Gasteiger charge is -1.97. The van der Waals surface area contributed by atoms with E-state index in [-0.39, 0.29) is 6.54 Å². The molecule has 0 spiro atoms. The smallest absolute Gasteiger partial charge is 0.240 e. The molecule has 7 heteroatoms. The molecule has 0 fully saturated rings. The zero-order chi connectivity index (χ0) is 13.0. The first-order valence-corrected chi connectivity index (χ1v) is 5.39. The number of aromatic nitrogens is 3. The summed E-state index contributed by atoms with van der Waals surface area (Å²) in [6.07, 6.45) is 3.38. The number of nitrogens with two attached hydrogens (primary N) is 1. The van der Waals surface area contributed by atoms with Gasteiger partial charge in [0.25, 0.3) is 0 Å². The van der Waals surface area contributed by atoms with E-state index >= 15 is 0 Å². The first-order chi connectivity index (χ1) is 8.66. The number of hydrogen-bond donors (Lipinski definition) is 2. The number of carbonyl (C=O) groups excluding carboxylic acids is 1. The van der Waals surface area contributed by atoms with Crippen molar-refractivity contribution in [3.8, 4) is 11.4 Å². The van der Waals surface area contributed by atoms with Crippen LogP contribution < -0.4 is 11.1 Å². The SMILES string of the molecule is Cc1ccncc1-c1noc(CNCC(N)=O)n1. The van der Waals surface area contributed by atoms with Gasteiger partial charge < -0.3 is 10.3 Å². The lowest BCUT2D eigenvalue weighted by atomic mass is 10.1. The van der Waals surface area contributed by atoms with E-state index in [2.05, 4.69) is 20.4 Å². The normalized spacial score (nSPS) is 10.5. The average molecular weight is 247 g/mol. The second kappa shape index (κ2) is 5.37. The minimum Gasteiger partial charge on any atom is -0.369 e. The van der Waals surface area contributed by atoms with Crippen molar-refractivity contribution in [2.24, 2.45) is 5.73 Å². The first kappa shape index (κ1) is 12.2. The number of nitrogens with zero attached hydrogens (tertiary/aromatic N) is 3. The summed E-state index contributed by atoms with van der Waals surface area (Å²) in [5.41, 5.74) is 6.83. The maximum absolute atomic E-state index is 10.5. The van der Waals surface area contributed by atoms with Crippen molar-refractivity contribution in [2.75, 3.05) is 6.54 Å². The highest BCUT2D eigenvalue weighted by Crippen LogP contribution is 2.18. The molecule has 0 saturated heterocycles. The van der Waals surface area contributed by atoms with Crippen LogP contribution in [-0.4, -0.2) is 27.6 Å². The summed E-state index contributed by atoms with van der Waals surface area (Å²) in [5.74, 6) is 0.448. The van der Waals surface area contributed by atoms with Gasteiger partial charge in [0.1, 0.15) is 0 Å². The highest BCUT2D eigenvalue weighted by Gasteiger charge is 2.10. The third-order valence-corrected chi connectivity index (χ3v) is 2.32. The fraction of sp³-hybridized carbons (Fsp3) is 0.273. The molecule has 18 heavy (non-hydrogen) atoms. The fourth-order valence-electron chi connectivity index (χ4n) is 1.43. The van der Waals surface area contributed by atoms with Crippen LogP contribution in [-0.2, 0) is 11.3 Å². The van der Waals surface area contributed by atoms with Crippen LogP contribution in [0.1, 0.15) is 11.5 Å². The molecule has 2 rings (SSSR count). The highest BCUT2D eigenvalue weighted by molar-refractivity contribution is 5.75. The number of hydrogen-bond acceptors (Lipinski definition) is 6. The molecule has 0 aliphatic heterocycles. The summed E-state index contributed by atoms with van der Waals surface area (Å²) in [6.45, 7) is 2.32. The van der Waals surface area contributed by atoms with Gasteiger partial charge in [-0.3, -0.25) is 15.1 Å². The van der Waals surface area contributed by atoms with Gasteiger partial charge in [0, 0.05) is 18.0 Å². The van der Waals surface area contributed by atoms with E-state index in [4.69, 9.17) is 10.3 Å². The molecule has 1 amide bonds. The quantitative estimate of drug-likeness (QED) is 0.771. The number of aryl methyl sites for hydroxylation is 1. The number of primary amides is 1. The molecule has 0 aliphatic rings.